The average Bonchev–Trinajstić information content (AvgIpc) is 2.37. The predicted molar refractivity (Wildman–Crippen MR) is 76.0 cm³/mol. The molecular formula is C15H33NO. The van der Waals surface area contributed by atoms with E-state index < -0.39 is 0 Å². The first-order valence-electron chi connectivity index (χ1n) is 7.52. The molecule has 0 rings (SSSR count). The SMILES string of the molecule is CCCCC(CCCC)(CCCC)COCN. The van der Waals surface area contributed by atoms with Gasteiger partial charge in [-0.3, -0.25) is 0 Å². The summed E-state index contributed by atoms with van der Waals surface area (Å²) in [6.45, 7) is 8.05. The average molecular weight is 243 g/mol. The van der Waals surface area contributed by atoms with Gasteiger partial charge >= 0.3 is 0 Å². The monoisotopic (exact) mass is 243 g/mol. The Labute approximate surface area is 108 Å². The summed E-state index contributed by atoms with van der Waals surface area (Å²) < 4.78 is 5.57. The zero-order valence-corrected chi connectivity index (χ0v) is 12.3. The highest BCUT2D eigenvalue weighted by Crippen LogP contribution is 2.36. The third-order valence-corrected chi connectivity index (χ3v) is 3.71. The van der Waals surface area contributed by atoms with Gasteiger partial charge in [0, 0.05) is 0 Å². The Morgan fingerprint density at radius 3 is 1.53 bits per heavy atom. The maximum Gasteiger partial charge on any atom is 0.0940 e. The van der Waals surface area contributed by atoms with Crippen LogP contribution in [0.2, 0.25) is 0 Å². The van der Waals surface area contributed by atoms with Gasteiger partial charge in [-0.25, -0.2) is 0 Å². The van der Waals surface area contributed by atoms with Gasteiger partial charge in [-0.1, -0.05) is 59.3 Å². The van der Waals surface area contributed by atoms with Crippen molar-refractivity contribution in [2.24, 2.45) is 11.1 Å². The summed E-state index contributed by atoms with van der Waals surface area (Å²) in [7, 11) is 0. The van der Waals surface area contributed by atoms with Crippen molar-refractivity contribution in [3.8, 4) is 0 Å². The molecule has 0 aliphatic rings. The number of ether oxygens (including phenoxy) is 1. The van der Waals surface area contributed by atoms with Gasteiger partial charge in [0.05, 0.1) is 13.3 Å². The normalized spacial score (nSPS) is 12.0. The molecule has 17 heavy (non-hydrogen) atoms. The first-order chi connectivity index (χ1) is 8.24. The zero-order valence-electron chi connectivity index (χ0n) is 12.3. The lowest BCUT2D eigenvalue weighted by Gasteiger charge is -2.34. The highest BCUT2D eigenvalue weighted by molar-refractivity contribution is 4.79. The van der Waals surface area contributed by atoms with Crippen molar-refractivity contribution < 1.29 is 4.74 Å². The summed E-state index contributed by atoms with van der Waals surface area (Å²) in [6.07, 6.45) is 11.7. The Morgan fingerprint density at radius 2 is 1.24 bits per heavy atom. The lowest BCUT2D eigenvalue weighted by molar-refractivity contribution is 0.0254. The third kappa shape index (κ3) is 7.77. The van der Waals surface area contributed by atoms with E-state index >= 15 is 0 Å². The quantitative estimate of drug-likeness (QED) is 0.513. The van der Waals surface area contributed by atoms with Crippen LogP contribution in [-0.4, -0.2) is 13.3 Å². The Hall–Kier alpha value is -0.0800. The molecule has 0 spiro atoms. The molecule has 104 valence electrons. The van der Waals surface area contributed by atoms with Gasteiger partial charge in [0.1, 0.15) is 0 Å². The first-order valence-corrected chi connectivity index (χ1v) is 7.52. The molecule has 0 aromatic rings. The van der Waals surface area contributed by atoms with Gasteiger partial charge in [0.25, 0.3) is 0 Å². The van der Waals surface area contributed by atoms with E-state index in [1.165, 1.54) is 57.8 Å². The van der Waals surface area contributed by atoms with Gasteiger partial charge in [-0.05, 0) is 24.7 Å². The predicted octanol–water partition coefficient (Wildman–Crippen LogP) is 4.48. The highest BCUT2D eigenvalue weighted by Gasteiger charge is 2.28. The molecule has 0 atom stereocenters. The smallest absolute Gasteiger partial charge is 0.0940 e. The van der Waals surface area contributed by atoms with Crippen molar-refractivity contribution in [1.82, 2.24) is 0 Å². The van der Waals surface area contributed by atoms with Crippen LogP contribution >= 0.6 is 0 Å². The summed E-state index contributed by atoms with van der Waals surface area (Å²) in [5.41, 5.74) is 5.90. The molecule has 0 unspecified atom stereocenters. The molecule has 0 bridgehead atoms. The molecule has 0 saturated carbocycles. The van der Waals surface area contributed by atoms with E-state index in [-0.39, 0.29) is 0 Å². The standard InChI is InChI=1S/C15H33NO/c1-4-7-10-15(11-8-5-2,12-9-6-3)13-17-14-16/h4-14,16H2,1-3H3. The van der Waals surface area contributed by atoms with Crippen molar-refractivity contribution in [3.05, 3.63) is 0 Å². The van der Waals surface area contributed by atoms with Crippen molar-refractivity contribution >= 4 is 0 Å². The Morgan fingerprint density at radius 1 is 0.824 bits per heavy atom. The topological polar surface area (TPSA) is 35.2 Å². The molecular weight excluding hydrogens is 210 g/mol. The minimum atomic E-state index is 0.367. The molecule has 0 radical (unpaired) electrons. The number of hydrogen-bond acceptors (Lipinski definition) is 2. The van der Waals surface area contributed by atoms with Crippen LogP contribution in [0.4, 0.5) is 0 Å². The van der Waals surface area contributed by atoms with Crippen LogP contribution in [0.3, 0.4) is 0 Å². The van der Waals surface area contributed by atoms with Gasteiger partial charge in [-0.2, -0.15) is 0 Å². The Bertz CT molecular complexity index is 121. The zero-order chi connectivity index (χ0) is 13.0. The molecule has 0 heterocycles. The highest BCUT2D eigenvalue weighted by atomic mass is 16.5. The van der Waals surface area contributed by atoms with Crippen LogP contribution in [0.5, 0.6) is 0 Å². The fourth-order valence-electron chi connectivity index (χ4n) is 2.52. The van der Waals surface area contributed by atoms with Crippen LogP contribution in [0, 0.1) is 5.41 Å². The Balaban J connectivity index is 4.39. The van der Waals surface area contributed by atoms with E-state index in [2.05, 4.69) is 20.8 Å². The van der Waals surface area contributed by atoms with E-state index in [0.717, 1.165) is 6.61 Å². The molecule has 0 fully saturated rings. The number of unbranched alkanes of at least 4 members (excludes halogenated alkanes) is 3. The molecule has 0 aliphatic carbocycles. The van der Waals surface area contributed by atoms with Crippen LogP contribution in [0.1, 0.15) is 78.6 Å². The second kappa shape index (κ2) is 11.0. The summed E-state index contributed by atoms with van der Waals surface area (Å²) in [5, 5.41) is 0. The van der Waals surface area contributed by atoms with Crippen LogP contribution in [-0.2, 0) is 4.74 Å². The van der Waals surface area contributed by atoms with Crippen molar-refractivity contribution in [2.75, 3.05) is 13.3 Å². The molecule has 2 nitrogen and oxygen atoms in total. The van der Waals surface area contributed by atoms with E-state index in [4.69, 9.17) is 10.5 Å². The lowest BCUT2D eigenvalue weighted by atomic mass is 9.75. The van der Waals surface area contributed by atoms with Crippen molar-refractivity contribution in [2.45, 2.75) is 78.6 Å². The molecule has 0 aromatic carbocycles. The second-order valence-electron chi connectivity index (χ2n) is 5.33. The minimum absolute atomic E-state index is 0.367. The van der Waals surface area contributed by atoms with E-state index in [0.29, 0.717) is 12.1 Å². The van der Waals surface area contributed by atoms with E-state index in [1.54, 1.807) is 0 Å². The fourth-order valence-corrected chi connectivity index (χ4v) is 2.52. The maximum atomic E-state index is 5.57. The van der Waals surface area contributed by atoms with Crippen molar-refractivity contribution in [3.63, 3.8) is 0 Å². The van der Waals surface area contributed by atoms with Crippen molar-refractivity contribution in [1.29, 1.82) is 0 Å². The number of hydrogen-bond donors (Lipinski definition) is 1. The summed E-state index contributed by atoms with van der Waals surface area (Å²) in [4.78, 5) is 0. The van der Waals surface area contributed by atoms with Gasteiger partial charge in [0.15, 0.2) is 0 Å². The van der Waals surface area contributed by atoms with Gasteiger partial charge in [0.2, 0.25) is 0 Å². The largest absolute Gasteiger partial charge is 0.366 e. The number of nitrogens with two attached hydrogens (primary N) is 1. The molecule has 0 aromatic heterocycles. The molecule has 2 N–H and O–H groups in total. The molecule has 0 amide bonds. The van der Waals surface area contributed by atoms with E-state index in [9.17, 15) is 0 Å². The molecule has 0 aliphatic heterocycles. The summed E-state index contributed by atoms with van der Waals surface area (Å²) in [6, 6.07) is 0. The summed E-state index contributed by atoms with van der Waals surface area (Å²) >= 11 is 0. The van der Waals surface area contributed by atoms with E-state index in [1.807, 2.05) is 0 Å². The molecule has 2 heteroatoms. The van der Waals surface area contributed by atoms with Gasteiger partial charge < -0.3 is 10.5 Å². The fraction of sp³-hybridized carbons (Fsp3) is 1.00. The lowest BCUT2D eigenvalue weighted by Crippen LogP contribution is -2.29. The van der Waals surface area contributed by atoms with Crippen LogP contribution < -0.4 is 5.73 Å². The second-order valence-corrected chi connectivity index (χ2v) is 5.33. The third-order valence-electron chi connectivity index (χ3n) is 3.71. The Kier molecular flexibility index (Phi) is 11.0. The summed E-state index contributed by atoms with van der Waals surface area (Å²) in [5.74, 6) is 0. The molecule has 0 saturated heterocycles. The number of rotatable bonds is 12. The van der Waals surface area contributed by atoms with Crippen LogP contribution in [0.15, 0.2) is 0 Å². The maximum absolute atomic E-state index is 5.57. The first kappa shape index (κ1) is 16.9. The minimum Gasteiger partial charge on any atom is -0.366 e. The van der Waals surface area contributed by atoms with Crippen LogP contribution in [0.25, 0.3) is 0 Å². The van der Waals surface area contributed by atoms with Gasteiger partial charge in [-0.15, -0.1) is 0 Å².